The van der Waals surface area contributed by atoms with Crippen molar-refractivity contribution >= 4 is 11.0 Å². The summed E-state index contributed by atoms with van der Waals surface area (Å²) in [5, 5.41) is 19.7. The molecule has 3 heterocycles. The van der Waals surface area contributed by atoms with Crippen LogP contribution in [0.4, 0.5) is 4.39 Å². The molecule has 0 aromatic carbocycles. The highest BCUT2D eigenvalue weighted by atomic mass is 19.1. The van der Waals surface area contributed by atoms with Gasteiger partial charge < -0.3 is 24.5 Å². The van der Waals surface area contributed by atoms with Crippen molar-refractivity contribution in [2.45, 2.75) is 37.9 Å². The van der Waals surface area contributed by atoms with Crippen LogP contribution in [0, 0.1) is 5.82 Å². The third-order valence-electron chi connectivity index (χ3n) is 3.58. The molecule has 1 aliphatic heterocycles. The molecule has 0 aliphatic carbocycles. The van der Waals surface area contributed by atoms with E-state index in [0.29, 0.717) is 6.42 Å². The number of H-pyrrole nitrogens is 1. The molecule has 0 spiro atoms. The van der Waals surface area contributed by atoms with Gasteiger partial charge in [-0.05, 0) is 6.42 Å². The van der Waals surface area contributed by atoms with Gasteiger partial charge >= 0.3 is 0 Å². The molecule has 0 bridgehead atoms. The number of nitrogens with one attached hydrogen (secondary N) is 1. The maximum absolute atomic E-state index is 13.8. The van der Waals surface area contributed by atoms with E-state index in [1.54, 1.807) is 6.92 Å². The normalized spacial score (nSPS) is 30.2. The number of aliphatic hydroxyl groups excluding tert-OH is 2. The zero-order valence-corrected chi connectivity index (χ0v) is 10.7. The molecule has 2 aromatic rings. The van der Waals surface area contributed by atoms with E-state index in [0.717, 1.165) is 12.5 Å². The van der Waals surface area contributed by atoms with Gasteiger partial charge in [-0.25, -0.2) is 9.37 Å². The van der Waals surface area contributed by atoms with Gasteiger partial charge in [0.1, 0.15) is 17.6 Å². The Bertz CT molecular complexity index is 698. The van der Waals surface area contributed by atoms with Crippen LogP contribution in [0.1, 0.15) is 19.6 Å². The number of hydrogen-bond donors (Lipinski definition) is 3. The van der Waals surface area contributed by atoms with Gasteiger partial charge in [-0.15, -0.1) is 0 Å². The number of hydrogen-bond acceptors (Lipinski definition) is 5. The van der Waals surface area contributed by atoms with E-state index < -0.39 is 35.9 Å². The summed E-state index contributed by atoms with van der Waals surface area (Å²) in [6, 6.07) is 0. The average Bonchev–Trinajstić information content (AvgIpc) is 2.90. The van der Waals surface area contributed by atoms with Gasteiger partial charge in [0, 0.05) is 6.20 Å². The minimum absolute atomic E-state index is 0.0688. The second-order valence-corrected chi connectivity index (χ2v) is 4.77. The number of rotatable bonds is 2. The van der Waals surface area contributed by atoms with Gasteiger partial charge in [0.05, 0.1) is 12.4 Å². The van der Waals surface area contributed by atoms with Crippen LogP contribution in [0.5, 0.6) is 0 Å². The largest absolute Gasteiger partial charge is 0.388 e. The van der Waals surface area contributed by atoms with Crippen LogP contribution in [-0.2, 0) is 4.74 Å². The Kier molecular flexibility index (Phi) is 3.08. The molecule has 7 nitrogen and oxygen atoms in total. The molecule has 3 rings (SSSR count). The van der Waals surface area contributed by atoms with Crippen molar-refractivity contribution < 1.29 is 19.3 Å². The molecule has 8 heteroatoms. The van der Waals surface area contributed by atoms with Crippen molar-refractivity contribution in [1.29, 1.82) is 0 Å². The van der Waals surface area contributed by atoms with Gasteiger partial charge in [-0.3, -0.25) is 4.79 Å². The summed E-state index contributed by atoms with van der Waals surface area (Å²) < 4.78 is 20.6. The Morgan fingerprint density at radius 2 is 2.25 bits per heavy atom. The molecule has 20 heavy (non-hydrogen) atoms. The van der Waals surface area contributed by atoms with Crippen LogP contribution < -0.4 is 5.56 Å². The predicted molar refractivity (Wildman–Crippen MR) is 66.5 cm³/mol. The molecule has 3 N–H and O–H groups in total. The monoisotopic (exact) mass is 283 g/mol. The first-order valence-electron chi connectivity index (χ1n) is 6.30. The van der Waals surface area contributed by atoms with Crippen LogP contribution in [0.15, 0.2) is 17.3 Å². The number of aliphatic hydroxyl groups is 2. The zero-order chi connectivity index (χ0) is 14.4. The Morgan fingerprint density at radius 3 is 2.90 bits per heavy atom. The van der Waals surface area contributed by atoms with E-state index in [2.05, 4.69) is 9.97 Å². The highest BCUT2D eigenvalue weighted by Crippen LogP contribution is 2.33. The first-order chi connectivity index (χ1) is 9.54. The predicted octanol–water partition coefficient (Wildman–Crippen LogP) is -0.107. The summed E-state index contributed by atoms with van der Waals surface area (Å²) in [6.45, 7) is 1.81. The minimum Gasteiger partial charge on any atom is -0.388 e. The fourth-order valence-corrected chi connectivity index (χ4v) is 2.54. The molecule has 1 saturated heterocycles. The third kappa shape index (κ3) is 1.76. The third-order valence-corrected chi connectivity index (χ3v) is 3.58. The Balaban J connectivity index is 2.12. The SMILES string of the molecule is CC[C@H]1O[C@@H](n2cc(F)c3c(=O)[nH]cnc32)[C@H](O)[C@@H]1O. The quantitative estimate of drug-likeness (QED) is 0.714. The fourth-order valence-electron chi connectivity index (χ4n) is 2.54. The lowest BCUT2D eigenvalue weighted by Gasteiger charge is -2.16. The van der Waals surface area contributed by atoms with Crippen molar-refractivity contribution in [3.8, 4) is 0 Å². The number of aromatic nitrogens is 3. The summed E-state index contributed by atoms with van der Waals surface area (Å²) in [4.78, 5) is 17.8. The molecule has 0 amide bonds. The first kappa shape index (κ1) is 13.2. The Morgan fingerprint density at radius 1 is 1.50 bits per heavy atom. The van der Waals surface area contributed by atoms with Crippen LogP contribution in [0.3, 0.4) is 0 Å². The van der Waals surface area contributed by atoms with E-state index in [4.69, 9.17) is 4.74 Å². The van der Waals surface area contributed by atoms with Crippen LogP contribution in [0.25, 0.3) is 11.0 Å². The summed E-state index contributed by atoms with van der Waals surface area (Å²) in [5.41, 5.74) is -0.537. The lowest BCUT2D eigenvalue weighted by Crippen LogP contribution is -2.31. The topological polar surface area (TPSA) is 100 Å². The van der Waals surface area contributed by atoms with Crippen molar-refractivity contribution in [3.05, 3.63) is 28.7 Å². The van der Waals surface area contributed by atoms with E-state index in [1.807, 2.05) is 0 Å². The first-order valence-corrected chi connectivity index (χ1v) is 6.30. The summed E-state index contributed by atoms with van der Waals surface area (Å²) in [5.74, 6) is -0.750. The maximum atomic E-state index is 13.8. The van der Waals surface area contributed by atoms with Gasteiger partial charge in [0.15, 0.2) is 17.7 Å². The van der Waals surface area contributed by atoms with Gasteiger partial charge in [-0.2, -0.15) is 0 Å². The summed E-state index contributed by atoms with van der Waals surface area (Å²) >= 11 is 0. The molecule has 1 fully saturated rings. The Labute approximate surface area is 112 Å². The molecule has 108 valence electrons. The standard InChI is InChI=1S/C12H14FN3O4/c1-2-6-8(17)9(18)12(20-6)16-3-5(13)7-10(16)14-4-15-11(7)19/h3-4,6,8-9,12,17-18H,2H2,1H3,(H,14,15,19)/t6-,8-,9-,12-/m1/s1. The zero-order valence-electron chi connectivity index (χ0n) is 10.7. The fraction of sp³-hybridized carbons (Fsp3) is 0.500. The van der Waals surface area contributed by atoms with E-state index in [-0.39, 0.29) is 11.0 Å². The molecular weight excluding hydrogens is 269 g/mol. The molecule has 2 aromatic heterocycles. The van der Waals surface area contributed by atoms with E-state index in [9.17, 15) is 19.4 Å². The van der Waals surface area contributed by atoms with Crippen molar-refractivity contribution in [1.82, 2.24) is 14.5 Å². The summed E-state index contributed by atoms with van der Waals surface area (Å²) in [7, 11) is 0. The molecule has 0 unspecified atom stereocenters. The second kappa shape index (κ2) is 4.65. The van der Waals surface area contributed by atoms with Crippen molar-refractivity contribution in [3.63, 3.8) is 0 Å². The molecule has 4 atom stereocenters. The average molecular weight is 283 g/mol. The minimum atomic E-state index is -1.21. The molecule has 0 radical (unpaired) electrons. The second-order valence-electron chi connectivity index (χ2n) is 4.77. The smallest absolute Gasteiger partial charge is 0.263 e. The number of ether oxygens (including phenoxy) is 1. The maximum Gasteiger partial charge on any atom is 0.263 e. The molecule has 1 aliphatic rings. The molecular formula is C12H14FN3O4. The number of fused-ring (bicyclic) bond motifs is 1. The molecule has 0 saturated carbocycles. The van der Waals surface area contributed by atoms with Crippen LogP contribution in [0.2, 0.25) is 0 Å². The number of aromatic amines is 1. The Hall–Kier alpha value is -1.77. The lowest BCUT2D eigenvalue weighted by molar-refractivity contribution is -0.0355. The van der Waals surface area contributed by atoms with Crippen LogP contribution >= 0.6 is 0 Å². The lowest BCUT2D eigenvalue weighted by atomic mass is 10.1. The number of halogens is 1. The van der Waals surface area contributed by atoms with Gasteiger partial charge in [0.25, 0.3) is 5.56 Å². The highest BCUT2D eigenvalue weighted by Gasteiger charge is 2.43. The van der Waals surface area contributed by atoms with Crippen LogP contribution in [-0.4, -0.2) is 43.1 Å². The highest BCUT2D eigenvalue weighted by molar-refractivity contribution is 5.75. The van der Waals surface area contributed by atoms with Gasteiger partial charge in [-0.1, -0.05) is 6.92 Å². The van der Waals surface area contributed by atoms with Crippen molar-refractivity contribution in [2.75, 3.05) is 0 Å². The number of nitrogens with zero attached hydrogens (tertiary/aromatic N) is 2. The van der Waals surface area contributed by atoms with Gasteiger partial charge in [0.2, 0.25) is 0 Å². The van der Waals surface area contributed by atoms with E-state index >= 15 is 0 Å². The summed E-state index contributed by atoms with van der Waals surface area (Å²) in [6.07, 6.45) is -1.09. The van der Waals surface area contributed by atoms with Crippen molar-refractivity contribution in [2.24, 2.45) is 0 Å². The van der Waals surface area contributed by atoms with E-state index in [1.165, 1.54) is 4.57 Å².